The molecule has 3 rings (SSSR count). The number of fused-ring (bicyclic) bond motifs is 1. The molecule has 126 valence electrons. The average molecular weight is 364 g/mol. The van der Waals surface area contributed by atoms with Crippen molar-refractivity contribution in [2.24, 2.45) is 0 Å². The lowest BCUT2D eigenvalue weighted by Crippen LogP contribution is -2.14. The highest BCUT2D eigenvalue weighted by Crippen LogP contribution is 2.33. The normalized spacial score (nSPS) is 14.3. The first-order valence-electron chi connectivity index (χ1n) is 7.21. The van der Waals surface area contributed by atoms with E-state index < -0.39 is 10.0 Å². The van der Waals surface area contributed by atoms with Gasteiger partial charge in [0.2, 0.25) is 5.91 Å². The van der Waals surface area contributed by atoms with Crippen LogP contribution in [0.4, 0.5) is 11.4 Å². The SMILES string of the molecule is COc1cccc(NS(=O)(=O)c2ccc3c(c2)NC(=O)CCS3)c1. The van der Waals surface area contributed by atoms with Gasteiger partial charge in [0.25, 0.3) is 10.0 Å². The standard InChI is InChI=1S/C16H16N2O4S2/c1-22-12-4-2-3-11(9-12)18-24(20,21)13-5-6-15-14(10-13)17-16(19)7-8-23-15/h2-6,9-10,18H,7-8H2,1H3,(H,17,19). The average Bonchev–Trinajstić information content (AvgIpc) is 2.74. The maximum absolute atomic E-state index is 12.6. The smallest absolute Gasteiger partial charge is 0.261 e. The van der Waals surface area contributed by atoms with Crippen molar-refractivity contribution in [2.75, 3.05) is 22.9 Å². The summed E-state index contributed by atoms with van der Waals surface area (Å²) < 4.78 is 32.8. The number of methoxy groups -OCH3 is 1. The van der Waals surface area contributed by atoms with Gasteiger partial charge in [-0.25, -0.2) is 8.42 Å². The fourth-order valence-electron chi connectivity index (χ4n) is 2.27. The van der Waals surface area contributed by atoms with Crippen LogP contribution in [-0.2, 0) is 14.8 Å². The minimum absolute atomic E-state index is 0.0897. The van der Waals surface area contributed by atoms with Crippen molar-refractivity contribution in [3.8, 4) is 5.75 Å². The summed E-state index contributed by atoms with van der Waals surface area (Å²) in [7, 11) is -2.25. The number of carbonyl (C=O) groups is 1. The van der Waals surface area contributed by atoms with Gasteiger partial charge in [-0.1, -0.05) is 6.07 Å². The summed E-state index contributed by atoms with van der Waals surface area (Å²) in [4.78, 5) is 12.6. The third-order valence-corrected chi connectivity index (χ3v) is 5.90. The number of benzene rings is 2. The second-order valence-electron chi connectivity index (χ2n) is 5.14. The first-order valence-corrected chi connectivity index (χ1v) is 9.68. The van der Waals surface area contributed by atoms with Gasteiger partial charge >= 0.3 is 0 Å². The number of sulfonamides is 1. The summed E-state index contributed by atoms with van der Waals surface area (Å²) in [6.45, 7) is 0. The Morgan fingerprint density at radius 2 is 2.04 bits per heavy atom. The maximum atomic E-state index is 12.6. The Labute approximate surface area is 144 Å². The molecule has 0 unspecified atom stereocenters. The first kappa shape index (κ1) is 16.7. The number of hydrogen-bond donors (Lipinski definition) is 2. The molecule has 0 saturated carbocycles. The van der Waals surface area contributed by atoms with E-state index in [0.717, 1.165) is 4.90 Å². The van der Waals surface area contributed by atoms with Crippen molar-refractivity contribution in [3.05, 3.63) is 42.5 Å². The van der Waals surface area contributed by atoms with E-state index in [2.05, 4.69) is 10.0 Å². The lowest BCUT2D eigenvalue weighted by molar-refractivity contribution is -0.115. The highest BCUT2D eigenvalue weighted by molar-refractivity contribution is 7.99. The summed E-state index contributed by atoms with van der Waals surface area (Å²) in [6.07, 6.45) is 0.406. The van der Waals surface area contributed by atoms with Gasteiger partial charge in [-0.3, -0.25) is 9.52 Å². The lowest BCUT2D eigenvalue weighted by Gasteiger charge is -2.12. The van der Waals surface area contributed by atoms with Gasteiger partial charge in [0.05, 0.1) is 23.4 Å². The minimum Gasteiger partial charge on any atom is -0.497 e. The number of rotatable bonds is 4. The Bertz CT molecular complexity index is 881. The van der Waals surface area contributed by atoms with E-state index in [0.29, 0.717) is 29.3 Å². The number of carbonyl (C=O) groups excluding carboxylic acids is 1. The molecule has 8 heteroatoms. The van der Waals surface area contributed by atoms with Gasteiger partial charge < -0.3 is 10.1 Å². The van der Waals surface area contributed by atoms with E-state index >= 15 is 0 Å². The maximum Gasteiger partial charge on any atom is 0.261 e. The van der Waals surface area contributed by atoms with Crippen molar-refractivity contribution < 1.29 is 17.9 Å². The Morgan fingerprint density at radius 3 is 2.83 bits per heavy atom. The fraction of sp³-hybridized carbons (Fsp3) is 0.188. The molecule has 2 aromatic carbocycles. The minimum atomic E-state index is -3.77. The molecule has 0 atom stereocenters. The topological polar surface area (TPSA) is 84.5 Å². The van der Waals surface area contributed by atoms with Crippen LogP contribution in [0.3, 0.4) is 0 Å². The molecule has 0 fully saturated rings. The van der Waals surface area contributed by atoms with Gasteiger partial charge in [-0.2, -0.15) is 0 Å². The van der Waals surface area contributed by atoms with E-state index in [9.17, 15) is 13.2 Å². The Kier molecular flexibility index (Phi) is 4.68. The summed E-state index contributed by atoms with van der Waals surface area (Å²) >= 11 is 1.53. The molecule has 1 heterocycles. The number of anilines is 2. The summed E-state index contributed by atoms with van der Waals surface area (Å²) in [5.74, 6) is 1.12. The van der Waals surface area contributed by atoms with E-state index in [4.69, 9.17) is 4.74 Å². The van der Waals surface area contributed by atoms with Crippen LogP contribution in [0.2, 0.25) is 0 Å². The molecular formula is C16H16N2O4S2. The highest BCUT2D eigenvalue weighted by atomic mass is 32.2. The fourth-order valence-corrected chi connectivity index (χ4v) is 4.28. The van der Waals surface area contributed by atoms with Crippen LogP contribution in [0.15, 0.2) is 52.3 Å². The van der Waals surface area contributed by atoms with Crippen LogP contribution in [0.25, 0.3) is 0 Å². The lowest BCUT2D eigenvalue weighted by atomic mass is 10.3. The summed E-state index contributed by atoms with van der Waals surface area (Å²) in [5, 5.41) is 2.74. The molecule has 1 aliphatic rings. The molecule has 2 aromatic rings. The van der Waals surface area contributed by atoms with E-state index in [1.165, 1.54) is 31.0 Å². The Balaban J connectivity index is 1.91. The molecule has 0 saturated heterocycles. The first-order chi connectivity index (χ1) is 11.5. The van der Waals surface area contributed by atoms with E-state index in [1.54, 1.807) is 30.3 Å². The zero-order valence-corrected chi connectivity index (χ0v) is 14.5. The Hall–Kier alpha value is -2.19. The molecule has 0 radical (unpaired) electrons. The molecule has 24 heavy (non-hydrogen) atoms. The van der Waals surface area contributed by atoms with Gasteiger partial charge in [0.15, 0.2) is 0 Å². The number of hydrogen-bond acceptors (Lipinski definition) is 5. The molecule has 6 nitrogen and oxygen atoms in total. The summed E-state index contributed by atoms with van der Waals surface area (Å²) in [5.41, 5.74) is 0.929. The second kappa shape index (κ2) is 6.74. The van der Waals surface area contributed by atoms with Crippen LogP contribution < -0.4 is 14.8 Å². The highest BCUT2D eigenvalue weighted by Gasteiger charge is 2.19. The number of thioether (sulfide) groups is 1. The van der Waals surface area contributed by atoms with Crippen LogP contribution in [0, 0.1) is 0 Å². The molecular weight excluding hydrogens is 348 g/mol. The van der Waals surface area contributed by atoms with E-state index in [-0.39, 0.29) is 10.8 Å². The number of ether oxygens (including phenoxy) is 1. The van der Waals surface area contributed by atoms with Gasteiger partial charge in [0, 0.05) is 23.1 Å². The van der Waals surface area contributed by atoms with E-state index in [1.807, 2.05) is 0 Å². The largest absolute Gasteiger partial charge is 0.497 e. The number of amides is 1. The third-order valence-electron chi connectivity index (χ3n) is 3.44. The zero-order chi connectivity index (χ0) is 17.2. The molecule has 2 N–H and O–H groups in total. The second-order valence-corrected chi connectivity index (χ2v) is 7.96. The quantitative estimate of drug-likeness (QED) is 0.871. The van der Waals surface area contributed by atoms with Crippen LogP contribution in [0.1, 0.15) is 6.42 Å². The van der Waals surface area contributed by atoms with Crippen molar-refractivity contribution in [3.63, 3.8) is 0 Å². The number of nitrogens with one attached hydrogen (secondary N) is 2. The molecule has 0 bridgehead atoms. The monoisotopic (exact) mass is 364 g/mol. The van der Waals surface area contributed by atoms with Crippen LogP contribution in [0.5, 0.6) is 5.75 Å². The summed E-state index contributed by atoms with van der Waals surface area (Å²) in [6, 6.07) is 11.4. The molecule has 1 amide bonds. The van der Waals surface area contributed by atoms with Crippen LogP contribution >= 0.6 is 11.8 Å². The zero-order valence-electron chi connectivity index (χ0n) is 12.9. The third kappa shape index (κ3) is 3.65. The molecule has 1 aliphatic heterocycles. The van der Waals surface area contributed by atoms with Crippen molar-refractivity contribution in [1.29, 1.82) is 0 Å². The van der Waals surface area contributed by atoms with Gasteiger partial charge in [0.1, 0.15) is 5.75 Å². The predicted octanol–water partition coefficient (Wildman–Crippen LogP) is 2.93. The van der Waals surface area contributed by atoms with Gasteiger partial charge in [-0.05, 0) is 30.3 Å². The van der Waals surface area contributed by atoms with Crippen molar-refractivity contribution >= 4 is 39.1 Å². The predicted molar refractivity (Wildman–Crippen MR) is 94.2 cm³/mol. The Morgan fingerprint density at radius 1 is 1.21 bits per heavy atom. The molecule has 0 aromatic heterocycles. The van der Waals surface area contributed by atoms with Crippen molar-refractivity contribution in [1.82, 2.24) is 0 Å². The van der Waals surface area contributed by atoms with Crippen molar-refractivity contribution in [2.45, 2.75) is 16.2 Å². The molecule has 0 aliphatic carbocycles. The van der Waals surface area contributed by atoms with Crippen LogP contribution in [-0.4, -0.2) is 27.2 Å². The van der Waals surface area contributed by atoms with Gasteiger partial charge in [-0.15, -0.1) is 11.8 Å². The molecule has 0 spiro atoms.